The fourth-order valence-electron chi connectivity index (χ4n) is 3.38. The molecule has 0 saturated heterocycles. The monoisotopic (exact) mass is 425 g/mol. The average molecular weight is 426 g/mol. The summed E-state index contributed by atoms with van der Waals surface area (Å²) >= 11 is 6.23. The first kappa shape index (κ1) is 20.1. The van der Waals surface area contributed by atoms with Crippen LogP contribution in [0.15, 0.2) is 54.6 Å². The van der Waals surface area contributed by atoms with Crippen LogP contribution in [-0.4, -0.2) is 35.7 Å². The fourth-order valence-corrected chi connectivity index (χ4v) is 3.56. The summed E-state index contributed by atoms with van der Waals surface area (Å²) in [4.78, 5) is 14.6. The van der Waals surface area contributed by atoms with E-state index in [-0.39, 0.29) is 17.4 Å². The van der Waals surface area contributed by atoms with E-state index in [1.54, 1.807) is 12.1 Å². The van der Waals surface area contributed by atoms with Gasteiger partial charge in [0.2, 0.25) is 0 Å². The summed E-state index contributed by atoms with van der Waals surface area (Å²) in [6, 6.07) is 16.0. The molecule has 2 N–H and O–H groups in total. The van der Waals surface area contributed by atoms with Crippen LogP contribution in [0.2, 0.25) is 5.02 Å². The zero-order valence-corrected chi connectivity index (χ0v) is 17.0. The second-order valence-corrected chi connectivity index (χ2v) is 7.45. The summed E-state index contributed by atoms with van der Waals surface area (Å²) < 4.78 is 13.6. The minimum Gasteiger partial charge on any atom is -0.365 e. The highest BCUT2D eigenvalue weighted by molar-refractivity contribution is 6.31. The first-order chi connectivity index (χ1) is 14.6. The lowest BCUT2D eigenvalue weighted by molar-refractivity contribution is 0.0948. The Labute approximate surface area is 179 Å². The van der Waals surface area contributed by atoms with Crippen LogP contribution in [-0.2, 0) is 13.0 Å². The van der Waals surface area contributed by atoms with Crippen LogP contribution in [0.5, 0.6) is 0 Å². The molecule has 4 rings (SSSR count). The second kappa shape index (κ2) is 9.09. The molecule has 2 aromatic carbocycles. The molecule has 0 atom stereocenters. The number of aromatic nitrogens is 2. The molecule has 0 fully saturated rings. The van der Waals surface area contributed by atoms with E-state index in [0.717, 1.165) is 17.7 Å². The molecule has 1 aromatic heterocycles. The lowest BCUT2D eigenvalue weighted by Gasteiger charge is -2.31. The topological polar surface area (TPSA) is 70.1 Å². The van der Waals surface area contributed by atoms with E-state index in [1.807, 2.05) is 35.2 Å². The van der Waals surface area contributed by atoms with Gasteiger partial charge in [0.1, 0.15) is 5.82 Å². The van der Waals surface area contributed by atoms with Crippen molar-refractivity contribution in [2.75, 3.05) is 29.9 Å². The first-order valence-corrected chi connectivity index (χ1v) is 10.1. The van der Waals surface area contributed by atoms with E-state index in [0.29, 0.717) is 42.6 Å². The summed E-state index contributed by atoms with van der Waals surface area (Å²) in [5.74, 6) is -0.0266. The van der Waals surface area contributed by atoms with Gasteiger partial charge in [0.15, 0.2) is 11.5 Å². The molecule has 3 aromatic rings. The van der Waals surface area contributed by atoms with Gasteiger partial charge in [0.05, 0.1) is 5.69 Å². The maximum atomic E-state index is 13.6. The van der Waals surface area contributed by atoms with Crippen molar-refractivity contribution in [3.63, 3.8) is 0 Å². The van der Waals surface area contributed by atoms with Gasteiger partial charge < -0.3 is 15.5 Å². The fraction of sp³-hybridized carbons (Fsp3) is 0.227. The molecule has 0 aliphatic carbocycles. The standard InChI is InChI=1S/C22H21ClFN5O/c23-18-7-6-17(24)12-16(18)14-29-11-10-25-21-20(29)13-19(27-28-21)22(30)26-9-8-15-4-2-1-3-5-15/h1-7,12-13H,8-11,14H2,(H,25,28)(H,26,30). The van der Waals surface area contributed by atoms with Crippen molar-refractivity contribution < 1.29 is 9.18 Å². The molecule has 0 radical (unpaired) electrons. The third-order valence-electron chi connectivity index (χ3n) is 4.93. The first-order valence-electron chi connectivity index (χ1n) is 9.73. The smallest absolute Gasteiger partial charge is 0.271 e. The van der Waals surface area contributed by atoms with Gasteiger partial charge in [0.25, 0.3) is 5.91 Å². The molecule has 0 saturated carbocycles. The molecule has 1 aliphatic rings. The molecular weight excluding hydrogens is 405 g/mol. The van der Waals surface area contributed by atoms with Crippen molar-refractivity contribution in [3.8, 4) is 0 Å². The molecular formula is C22H21ClFN5O. The van der Waals surface area contributed by atoms with Crippen LogP contribution in [0.25, 0.3) is 0 Å². The number of carbonyl (C=O) groups is 1. The molecule has 6 nitrogen and oxygen atoms in total. The summed E-state index contributed by atoms with van der Waals surface area (Å²) in [5, 5.41) is 14.8. The Balaban J connectivity index is 1.47. The molecule has 1 amide bonds. The Hall–Kier alpha value is -3.19. The minimum absolute atomic E-state index is 0.237. The summed E-state index contributed by atoms with van der Waals surface area (Å²) in [6.45, 7) is 2.24. The van der Waals surface area contributed by atoms with Gasteiger partial charge in [-0.25, -0.2) is 4.39 Å². The number of anilines is 2. The minimum atomic E-state index is -0.337. The van der Waals surface area contributed by atoms with Crippen LogP contribution in [0, 0.1) is 5.82 Å². The van der Waals surface area contributed by atoms with Crippen molar-refractivity contribution in [1.29, 1.82) is 0 Å². The van der Waals surface area contributed by atoms with Gasteiger partial charge in [0, 0.05) is 31.2 Å². The van der Waals surface area contributed by atoms with E-state index < -0.39 is 0 Å². The molecule has 2 heterocycles. The highest BCUT2D eigenvalue weighted by Gasteiger charge is 2.22. The average Bonchev–Trinajstić information content (AvgIpc) is 2.77. The third-order valence-corrected chi connectivity index (χ3v) is 5.30. The van der Waals surface area contributed by atoms with Crippen LogP contribution in [0.1, 0.15) is 21.6 Å². The van der Waals surface area contributed by atoms with Gasteiger partial charge in [-0.2, -0.15) is 0 Å². The van der Waals surface area contributed by atoms with Crippen molar-refractivity contribution in [2.45, 2.75) is 13.0 Å². The predicted molar refractivity (Wildman–Crippen MR) is 115 cm³/mol. The number of halogens is 2. The van der Waals surface area contributed by atoms with Crippen LogP contribution < -0.4 is 15.5 Å². The van der Waals surface area contributed by atoms with Gasteiger partial charge in [-0.3, -0.25) is 4.79 Å². The highest BCUT2D eigenvalue weighted by Crippen LogP contribution is 2.30. The molecule has 30 heavy (non-hydrogen) atoms. The number of amides is 1. The Morgan fingerprint density at radius 3 is 2.83 bits per heavy atom. The zero-order chi connectivity index (χ0) is 20.9. The molecule has 1 aliphatic heterocycles. The number of carbonyl (C=O) groups excluding carboxylic acids is 1. The highest BCUT2D eigenvalue weighted by atomic mass is 35.5. The van der Waals surface area contributed by atoms with Crippen LogP contribution >= 0.6 is 11.6 Å². The van der Waals surface area contributed by atoms with Crippen LogP contribution in [0.4, 0.5) is 15.9 Å². The number of nitrogens with zero attached hydrogens (tertiary/aromatic N) is 3. The van der Waals surface area contributed by atoms with Crippen molar-refractivity contribution in [2.24, 2.45) is 0 Å². The molecule has 0 unspecified atom stereocenters. The van der Waals surface area contributed by atoms with E-state index in [4.69, 9.17) is 11.6 Å². The Morgan fingerprint density at radius 2 is 2.00 bits per heavy atom. The van der Waals surface area contributed by atoms with E-state index >= 15 is 0 Å². The molecule has 0 spiro atoms. The number of nitrogens with one attached hydrogen (secondary N) is 2. The van der Waals surface area contributed by atoms with Gasteiger partial charge in [-0.05, 0) is 41.8 Å². The van der Waals surface area contributed by atoms with Gasteiger partial charge in [-0.1, -0.05) is 41.9 Å². The van der Waals surface area contributed by atoms with Crippen molar-refractivity contribution >= 4 is 29.0 Å². The van der Waals surface area contributed by atoms with E-state index in [9.17, 15) is 9.18 Å². The van der Waals surface area contributed by atoms with Crippen molar-refractivity contribution in [3.05, 3.63) is 82.3 Å². The number of benzene rings is 2. The lowest BCUT2D eigenvalue weighted by Crippen LogP contribution is -2.35. The Kier molecular flexibility index (Phi) is 6.09. The summed E-state index contributed by atoms with van der Waals surface area (Å²) in [6.07, 6.45) is 0.733. The normalized spacial score (nSPS) is 12.8. The number of rotatable bonds is 6. The molecule has 8 heteroatoms. The summed E-state index contributed by atoms with van der Waals surface area (Å²) in [5.41, 5.74) is 2.80. The maximum Gasteiger partial charge on any atom is 0.271 e. The lowest BCUT2D eigenvalue weighted by atomic mass is 10.1. The Bertz CT molecular complexity index is 1050. The zero-order valence-electron chi connectivity index (χ0n) is 16.2. The summed E-state index contributed by atoms with van der Waals surface area (Å²) in [7, 11) is 0. The quantitative estimate of drug-likeness (QED) is 0.630. The van der Waals surface area contributed by atoms with Gasteiger partial charge >= 0.3 is 0 Å². The SMILES string of the molecule is O=C(NCCc1ccccc1)c1cc2c(nn1)NCCN2Cc1cc(F)ccc1Cl. The van der Waals surface area contributed by atoms with Gasteiger partial charge in [-0.15, -0.1) is 10.2 Å². The maximum absolute atomic E-state index is 13.6. The van der Waals surface area contributed by atoms with Crippen molar-refractivity contribution in [1.82, 2.24) is 15.5 Å². The Morgan fingerprint density at radius 1 is 1.17 bits per heavy atom. The number of hydrogen-bond donors (Lipinski definition) is 2. The van der Waals surface area contributed by atoms with Crippen LogP contribution in [0.3, 0.4) is 0 Å². The van der Waals surface area contributed by atoms with E-state index in [2.05, 4.69) is 20.8 Å². The second-order valence-electron chi connectivity index (χ2n) is 7.04. The molecule has 0 bridgehead atoms. The third kappa shape index (κ3) is 4.68. The van der Waals surface area contributed by atoms with E-state index in [1.165, 1.54) is 12.1 Å². The number of fused-ring (bicyclic) bond motifs is 1. The molecule has 154 valence electrons. The number of hydrogen-bond acceptors (Lipinski definition) is 5. The predicted octanol–water partition coefficient (Wildman–Crippen LogP) is 3.67. The largest absolute Gasteiger partial charge is 0.365 e.